The molecule has 0 radical (unpaired) electrons. The summed E-state index contributed by atoms with van der Waals surface area (Å²) >= 11 is 0. The Kier molecular flexibility index (Phi) is 3.32. The second kappa shape index (κ2) is 4.91. The zero-order chi connectivity index (χ0) is 13.1. The standard InChI is InChI=1S/C13H13NO4/c1-3-9-10(5-4-8(2)14-9)17-12-7-6-11(18-12)13(15)16/h4-7H,3H2,1-2H3,(H,15,16). The maximum absolute atomic E-state index is 10.7. The van der Waals surface area contributed by atoms with E-state index in [0.717, 1.165) is 17.8 Å². The van der Waals surface area contributed by atoms with Crippen molar-refractivity contribution in [2.45, 2.75) is 20.3 Å². The summed E-state index contributed by atoms with van der Waals surface area (Å²) < 4.78 is 10.5. The number of aromatic carboxylic acids is 1. The first kappa shape index (κ1) is 12.2. The van der Waals surface area contributed by atoms with Crippen LogP contribution in [-0.4, -0.2) is 16.1 Å². The average molecular weight is 247 g/mol. The van der Waals surface area contributed by atoms with E-state index < -0.39 is 5.97 Å². The maximum Gasteiger partial charge on any atom is 0.371 e. The molecule has 0 fully saturated rings. The first-order valence-corrected chi connectivity index (χ1v) is 5.57. The van der Waals surface area contributed by atoms with Crippen molar-refractivity contribution < 1.29 is 19.1 Å². The molecule has 0 aromatic carbocycles. The summed E-state index contributed by atoms with van der Waals surface area (Å²) in [6.45, 7) is 3.87. The van der Waals surface area contributed by atoms with Gasteiger partial charge in [0.25, 0.3) is 5.95 Å². The zero-order valence-corrected chi connectivity index (χ0v) is 10.1. The first-order valence-electron chi connectivity index (χ1n) is 5.57. The van der Waals surface area contributed by atoms with Gasteiger partial charge in [0.2, 0.25) is 5.76 Å². The number of ether oxygens (including phenoxy) is 1. The zero-order valence-electron chi connectivity index (χ0n) is 10.1. The Morgan fingerprint density at radius 3 is 2.78 bits per heavy atom. The summed E-state index contributed by atoms with van der Waals surface area (Å²) in [4.78, 5) is 15.0. The van der Waals surface area contributed by atoms with Gasteiger partial charge in [-0.25, -0.2) is 4.79 Å². The fourth-order valence-electron chi connectivity index (χ4n) is 1.54. The minimum absolute atomic E-state index is 0.146. The molecule has 0 aliphatic rings. The summed E-state index contributed by atoms with van der Waals surface area (Å²) in [6, 6.07) is 6.45. The van der Waals surface area contributed by atoms with Crippen LogP contribution in [0.15, 0.2) is 28.7 Å². The largest absolute Gasteiger partial charge is 0.475 e. The highest BCUT2D eigenvalue weighted by Gasteiger charge is 2.12. The van der Waals surface area contributed by atoms with E-state index in [1.807, 2.05) is 19.9 Å². The number of hydrogen-bond acceptors (Lipinski definition) is 4. The number of nitrogens with zero attached hydrogens (tertiary/aromatic N) is 1. The smallest absolute Gasteiger partial charge is 0.371 e. The van der Waals surface area contributed by atoms with Crippen molar-refractivity contribution in [3.8, 4) is 11.7 Å². The quantitative estimate of drug-likeness (QED) is 0.898. The van der Waals surface area contributed by atoms with Crippen LogP contribution in [0.1, 0.15) is 28.9 Å². The summed E-state index contributed by atoms with van der Waals surface area (Å²) in [5, 5.41) is 8.74. The SMILES string of the molecule is CCc1nc(C)ccc1Oc1ccc(C(=O)O)o1. The number of hydrogen-bond donors (Lipinski definition) is 1. The van der Waals surface area contributed by atoms with E-state index in [2.05, 4.69) is 4.98 Å². The lowest BCUT2D eigenvalue weighted by molar-refractivity contribution is 0.0657. The Morgan fingerprint density at radius 2 is 2.17 bits per heavy atom. The summed E-state index contributed by atoms with van der Waals surface area (Å²) in [5.41, 5.74) is 1.72. The van der Waals surface area contributed by atoms with Crippen molar-refractivity contribution in [1.82, 2.24) is 4.98 Å². The summed E-state index contributed by atoms with van der Waals surface area (Å²) in [5.74, 6) is -0.548. The number of furan rings is 1. The molecule has 0 bridgehead atoms. The van der Waals surface area contributed by atoms with Crippen LogP contribution in [0.3, 0.4) is 0 Å². The van der Waals surface area contributed by atoms with Crippen molar-refractivity contribution in [2.24, 2.45) is 0 Å². The third-order valence-electron chi connectivity index (χ3n) is 2.41. The van der Waals surface area contributed by atoms with Crippen molar-refractivity contribution in [2.75, 3.05) is 0 Å². The third kappa shape index (κ3) is 2.51. The van der Waals surface area contributed by atoms with Gasteiger partial charge in [0, 0.05) is 11.8 Å². The van der Waals surface area contributed by atoms with Crippen LogP contribution >= 0.6 is 0 Å². The number of pyridine rings is 1. The molecule has 2 rings (SSSR count). The molecule has 0 atom stereocenters. The molecule has 5 nitrogen and oxygen atoms in total. The summed E-state index contributed by atoms with van der Waals surface area (Å²) in [7, 11) is 0. The van der Waals surface area contributed by atoms with E-state index in [1.165, 1.54) is 12.1 Å². The van der Waals surface area contributed by atoms with Gasteiger partial charge in [-0.2, -0.15) is 0 Å². The molecule has 0 spiro atoms. The second-order valence-electron chi connectivity index (χ2n) is 3.78. The van der Waals surface area contributed by atoms with Crippen molar-refractivity contribution in [3.63, 3.8) is 0 Å². The monoisotopic (exact) mass is 247 g/mol. The van der Waals surface area contributed by atoms with Crippen LogP contribution in [0.5, 0.6) is 11.7 Å². The third-order valence-corrected chi connectivity index (χ3v) is 2.41. The highest BCUT2D eigenvalue weighted by molar-refractivity contribution is 5.84. The Hall–Kier alpha value is -2.30. The highest BCUT2D eigenvalue weighted by Crippen LogP contribution is 2.26. The Bertz CT molecular complexity index is 574. The number of carboxylic acid groups (broad SMARTS) is 1. The lowest BCUT2D eigenvalue weighted by Crippen LogP contribution is -1.95. The molecule has 0 aliphatic carbocycles. The molecule has 2 aromatic rings. The van der Waals surface area contributed by atoms with E-state index in [-0.39, 0.29) is 11.7 Å². The molecular formula is C13H13NO4. The number of aryl methyl sites for hydroxylation is 2. The Labute approximate surface area is 104 Å². The predicted molar refractivity (Wildman–Crippen MR) is 64.1 cm³/mol. The highest BCUT2D eigenvalue weighted by atomic mass is 16.6. The van der Waals surface area contributed by atoms with Crippen LogP contribution in [-0.2, 0) is 6.42 Å². The molecule has 0 amide bonds. The molecule has 1 N–H and O–H groups in total. The molecule has 2 aromatic heterocycles. The van der Waals surface area contributed by atoms with Gasteiger partial charge in [0.15, 0.2) is 5.75 Å². The minimum atomic E-state index is -1.12. The number of rotatable bonds is 4. The average Bonchev–Trinajstić information content (AvgIpc) is 2.80. The molecule has 94 valence electrons. The molecule has 0 saturated carbocycles. The van der Waals surface area contributed by atoms with Gasteiger partial charge in [-0.1, -0.05) is 6.92 Å². The van der Waals surface area contributed by atoms with Crippen LogP contribution in [0, 0.1) is 6.92 Å². The van der Waals surface area contributed by atoms with Crippen molar-refractivity contribution in [1.29, 1.82) is 0 Å². The van der Waals surface area contributed by atoms with Crippen molar-refractivity contribution in [3.05, 3.63) is 41.4 Å². The number of carboxylic acids is 1. The lowest BCUT2D eigenvalue weighted by atomic mass is 10.2. The predicted octanol–water partition coefficient (Wildman–Crippen LogP) is 3.04. The maximum atomic E-state index is 10.7. The van der Waals surface area contributed by atoms with Gasteiger partial charge >= 0.3 is 5.97 Å². The Balaban J connectivity index is 2.25. The van der Waals surface area contributed by atoms with Gasteiger partial charge in [-0.05, 0) is 31.5 Å². The van der Waals surface area contributed by atoms with Crippen LogP contribution in [0.2, 0.25) is 0 Å². The molecule has 0 aliphatic heterocycles. The summed E-state index contributed by atoms with van der Waals surface area (Å²) in [6.07, 6.45) is 0.726. The molecule has 0 saturated heterocycles. The van der Waals surface area contributed by atoms with E-state index >= 15 is 0 Å². The minimum Gasteiger partial charge on any atom is -0.475 e. The van der Waals surface area contributed by atoms with E-state index in [4.69, 9.17) is 14.3 Å². The van der Waals surface area contributed by atoms with Gasteiger partial charge in [-0.15, -0.1) is 0 Å². The van der Waals surface area contributed by atoms with E-state index in [9.17, 15) is 4.79 Å². The van der Waals surface area contributed by atoms with Gasteiger partial charge in [0.1, 0.15) is 0 Å². The Morgan fingerprint density at radius 1 is 1.39 bits per heavy atom. The van der Waals surface area contributed by atoms with Crippen LogP contribution in [0.4, 0.5) is 0 Å². The number of aromatic nitrogens is 1. The van der Waals surface area contributed by atoms with E-state index in [0.29, 0.717) is 5.75 Å². The van der Waals surface area contributed by atoms with Crippen LogP contribution in [0.25, 0.3) is 0 Å². The lowest BCUT2D eigenvalue weighted by Gasteiger charge is -2.07. The molecule has 2 heterocycles. The van der Waals surface area contributed by atoms with Gasteiger partial charge in [-0.3, -0.25) is 4.98 Å². The normalized spacial score (nSPS) is 10.3. The van der Waals surface area contributed by atoms with Crippen LogP contribution < -0.4 is 4.74 Å². The molecule has 18 heavy (non-hydrogen) atoms. The fraction of sp³-hybridized carbons (Fsp3) is 0.231. The molecular weight excluding hydrogens is 234 g/mol. The molecule has 5 heteroatoms. The topological polar surface area (TPSA) is 72.6 Å². The first-order chi connectivity index (χ1) is 8.60. The van der Waals surface area contributed by atoms with Crippen molar-refractivity contribution >= 4 is 5.97 Å². The fourth-order valence-corrected chi connectivity index (χ4v) is 1.54. The second-order valence-corrected chi connectivity index (χ2v) is 3.78. The van der Waals surface area contributed by atoms with Gasteiger partial charge < -0.3 is 14.3 Å². The van der Waals surface area contributed by atoms with Gasteiger partial charge in [0.05, 0.1) is 5.69 Å². The number of carbonyl (C=O) groups is 1. The molecule has 0 unspecified atom stereocenters. The van der Waals surface area contributed by atoms with E-state index in [1.54, 1.807) is 6.07 Å².